The molecule has 0 spiro atoms. The van der Waals surface area contributed by atoms with Crippen molar-refractivity contribution in [3.63, 3.8) is 0 Å². The Labute approximate surface area is 109 Å². The topological polar surface area (TPSA) is 51.0 Å². The molecular formula is C13H15F2N3O. The number of aromatic nitrogens is 2. The van der Waals surface area contributed by atoms with Gasteiger partial charge in [0.25, 0.3) is 0 Å². The number of nitrogens with one attached hydrogen (secondary N) is 1. The average Bonchev–Trinajstić information content (AvgIpc) is 2.83. The van der Waals surface area contributed by atoms with E-state index in [1.165, 1.54) is 6.07 Å². The van der Waals surface area contributed by atoms with Gasteiger partial charge in [-0.25, -0.2) is 8.78 Å². The minimum atomic E-state index is -0.877. The van der Waals surface area contributed by atoms with Gasteiger partial charge in [0.1, 0.15) is 0 Å². The molecule has 0 amide bonds. The van der Waals surface area contributed by atoms with E-state index in [9.17, 15) is 8.78 Å². The maximum absolute atomic E-state index is 13.1. The van der Waals surface area contributed by atoms with Gasteiger partial charge in [-0.05, 0) is 31.2 Å². The molecule has 19 heavy (non-hydrogen) atoms. The summed E-state index contributed by atoms with van der Waals surface area (Å²) < 4.78 is 31.3. The molecule has 4 nitrogen and oxygen atoms in total. The fourth-order valence-corrected chi connectivity index (χ4v) is 1.73. The lowest BCUT2D eigenvalue weighted by molar-refractivity contribution is 0.401. The van der Waals surface area contributed by atoms with E-state index in [0.717, 1.165) is 18.7 Å². The van der Waals surface area contributed by atoms with Gasteiger partial charge >= 0.3 is 0 Å². The normalized spacial score (nSPS) is 12.6. The molecule has 1 aromatic carbocycles. The first-order valence-corrected chi connectivity index (χ1v) is 6.09. The molecule has 1 atom stereocenters. The standard InChI is InChI=1S/C13H15F2N3O/c1-3-16-8(2)13-18-17-12(19-13)7-9-4-5-10(14)11(15)6-9/h4-6,8,16H,3,7H2,1-2H3. The van der Waals surface area contributed by atoms with Crippen LogP contribution in [0.25, 0.3) is 0 Å². The fourth-order valence-electron chi connectivity index (χ4n) is 1.73. The summed E-state index contributed by atoms with van der Waals surface area (Å²) in [5.74, 6) is -0.876. The van der Waals surface area contributed by atoms with E-state index in [1.54, 1.807) is 0 Å². The third-order valence-electron chi connectivity index (χ3n) is 2.70. The molecule has 1 unspecified atom stereocenters. The number of hydrogen-bond donors (Lipinski definition) is 1. The summed E-state index contributed by atoms with van der Waals surface area (Å²) in [6.07, 6.45) is 0.281. The Morgan fingerprint density at radius 3 is 2.74 bits per heavy atom. The minimum Gasteiger partial charge on any atom is -0.423 e. The Kier molecular flexibility index (Phi) is 4.21. The lowest BCUT2D eigenvalue weighted by atomic mass is 10.1. The van der Waals surface area contributed by atoms with Gasteiger partial charge in [-0.3, -0.25) is 0 Å². The number of halogens is 2. The number of rotatable bonds is 5. The molecule has 0 radical (unpaired) electrons. The highest BCUT2D eigenvalue weighted by Crippen LogP contribution is 2.15. The Bertz CT molecular complexity index is 557. The first-order valence-electron chi connectivity index (χ1n) is 6.09. The summed E-state index contributed by atoms with van der Waals surface area (Å²) in [5.41, 5.74) is 0.588. The number of nitrogens with zero attached hydrogens (tertiary/aromatic N) is 2. The first kappa shape index (κ1) is 13.6. The Hall–Kier alpha value is -1.82. The Morgan fingerprint density at radius 2 is 2.05 bits per heavy atom. The second kappa shape index (κ2) is 5.88. The van der Waals surface area contributed by atoms with Gasteiger partial charge in [-0.15, -0.1) is 10.2 Å². The molecule has 0 fully saturated rings. The highest BCUT2D eigenvalue weighted by atomic mass is 19.2. The van der Waals surface area contributed by atoms with Gasteiger partial charge in [0, 0.05) is 0 Å². The zero-order valence-corrected chi connectivity index (χ0v) is 10.8. The van der Waals surface area contributed by atoms with E-state index in [1.807, 2.05) is 13.8 Å². The van der Waals surface area contributed by atoms with Crippen molar-refractivity contribution in [3.8, 4) is 0 Å². The van der Waals surface area contributed by atoms with Crippen molar-refractivity contribution >= 4 is 0 Å². The van der Waals surface area contributed by atoms with Gasteiger partial charge in [0.2, 0.25) is 11.8 Å². The summed E-state index contributed by atoms with van der Waals surface area (Å²) >= 11 is 0. The van der Waals surface area contributed by atoms with Crippen LogP contribution in [0.1, 0.15) is 37.2 Å². The molecule has 1 N–H and O–H groups in total. The van der Waals surface area contributed by atoms with Gasteiger partial charge in [0.05, 0.1) is 12.5 Å². The highest BCUT2D eigenvalue weighted by molar-refractivity contribution is 5.20. The molecule has 0 aliphatic rings. The third-order valence-corrected chi connectivity index (χ3v) is 2.70. The van der Waals surface area contributed by atoms with Gasteiger partial charge in [-0.2, -0.15) is 0 Å². The molecule has 0 bridgehead atoms. The van der Waals surface area contributed by atoms with Crippen LogP contribution < -0.4 is 5.32 Å². The molecule has 2 aromatic rings. The monoisotopic (exact) mass is 267 g/mol. The third kappa shape index (κ3) is 3.35. The van der Waals surface area contributed by atoms with Crippen LogP contribution >= 0.6 is 0 Å². The van der Waals surface area contributed by atoms with E-state index in [0.29, 0.717) is 17.3 Å². The maximum atomic E-state index is 13.1. The fraction of sp³-hybridized carbons (Fsp3) is 0.385. The van der Waals surface area contributed by atoms with Crippen LogP contribution in [0.2, 0.25) is 0 Å². The summed E-state index contributed by atoms with van der Waals surface area (Å²) in [7, 11) is 0. The molecule has 0 aliphatic heterocycles. The SMILES string of the molecule is CCNC(C)c1nnc(Cc2ccc(F)c(F)c2)o1. The molecule has 1 heterocycles. The number of benzene rings is 1. The molecule has 102 valence electrons. The Morgan fingerprint density at radius 1 is 1.26 bits per heavy atom. The van der Waals surface area contributed by atoms with Crippen molar-refractivity contribution in [1.82, 2.24) is 15.5 Å². The molecular weight excluding hydrogens is 252 g/mol. The van der Waals surface area contributed by atoms with Crippen LogP contribution in [0.3, 0.4) is 0 Å². The van der Waals surface area contributed by atoms with Crippen molar-refractivity contribution in [1.29, 1.82) is 0 Å². The summed E-state index contributed by atoms with van der Waals surface area (Å²) in [6, 6.07) is 3.68. The van der Waals surface area contributed by atoms with Crippen molar-refractivity contribution in [2.24, 2.45) is 0 Å². The van der Waals surface area contributed by atoms with Gasteiger partial charge in [0.15, 0.2) is 11.6 Å². The average molecular weight is 267 g/mol. The second-order valence-electron chi connectivity index (χ2n) is 4.24. The van der Waals surface area contributed by atoms with Gasteiger partial charge in [-0.1, -0.05) is 13.0 Å². The van der Waals surface area contributed by atoms with Crippen molar-refractivity contribution in [2.75, 3.05) is 6.54 Å². The van der Waals surface area contributed by atoms with E-state index < -0.39 is 11.6 Å². The predicted molar refractivity (Wildman–Crippen MR) is 65.6 cm³/mol. The van der Waals surface area contributed by atoms with Crippen LogP contribution in [0, 0.1) is 11.6 Å². The first-order chi connectivity index (χ1) is 9.10. The quantitative estimate of drug-likeness (QED) is 0.904. The van der Waals surface area contributed by atoms with Crippen molar-refractivity contribution < 1.29 is 13.2 Å². The zero-order chi connectivity index (χ0) is 13.8. The van der Waals surface area contributed by atoms with Crippen LogP contribution in [0.4, 0.5) is 8.78 Å². The predicted octanol–water partition coefficient (Wildman–Crippen LogP) is 2.61. The second-order valence-corrected chi connectivity index (χ2v) is 4.24. The molecule has 0 aliphatic carbocycles. The van der Waals surface area contributed by atoms with E-state index in [2.05, 4.69) is 15.5 Å². The molecule has 0 saturated heterocycles. The highest BCUT2D eigenvalue weighted by Gasteiger charge is 2.13. The van der Waals surface area contributed by atoms with Crippen molar-refractivity contribution in [3.05, 3.63) is 47.2 Å². The van der Waals surface area contributed by atoms with Crippen LogP contribution in [0.15, 0.2) is 22.6 Å². The minimum absolute atomic E-state index is 0.0313. The zero-order valence-electron chi connectivity index (χ0n) is 10.8. The van der Waals surface area contributed by atoms with Crippen molar-refractivity contribution in [2.45, 2.75) is 26.3 Å². The van der Waals surface area contributed by atoms with Crippen LogP contribution in [0.5, 0.6) is 0 Å². The summed E-state index contributed by atoms with van der Waals surface area (Å²) in [5, 5.41) is 11.0. The van der Waals surface area contributed by atoms with Crippen LogP contribution in [-0.2, 0) is 6.42 Å². The van der Waals surface area contributed by atoms with Crippen LogP contribution in [-0.4, -0.2) is 16.7 Å². The summed E-state index contributed by atoms with van der Waals surface area (Å²) in [6.45, 7) is 4.69. The molecule has 1 aromatic heterocycles. The summed E-state index contributed by atoms with van der Waals surface area (Å²) in [4.78, 5) is 0. The van der Waals surface area contributed by atoms with Gasteiger partial charge < -0.3 is 9.73 Å². The van der Waals surface area contributed by atoms with E-state index in [-0.39, 0.29) is 12.5 Å². The molecule has 0 saturated carbocycles. The Balaban J connectivity index is 2.09. The number of hydrogen-bond acceptors (Lipinski definition) is 4. The lowest BCUT2D eigenvalue weighted by Gasteiger charge is -2.05. The molecule has 6 heteroatoms. The van der Waals surface area contributed by atoms with E-state index >= 15 is 0 Å². The largest absolute Gasteiger partial charge is 0.423 e. The molecule has 2 rings (SSSR count). The smallest absolute Gasteiger partial charge is 0.233 e. The maximum Gasteiger partial charge on any atom is 0.233 e. The lowest BCUT2D eigenvalue weighted by Crippen LogP contribution is -2.17. The van der Waals surface area contributed by atoms with E-state index in [4.69, 9.17) is 4.42 Å².